The van der Waals surface area contributed by atoms with Crippen molar-refractivity contribution in [1.29, 1.82) is 0 Å². The van der Waals surface area contributed by atoms with Gasteiger partial charge in [-0.15, -0.1) is 0 Å². The lowest BCUT2D eigenvalue weighted by atomic mass is 10.0. The van der Waals surface area contributed by atoms with E-state index in [9.17, 15) is 32.8 Å². The summed E-state index contributed by atoms with van der Waals surface area (Å²) in [4.78, 5) is 64.2. The molecule has 43 heavy (non-hydrogen) atoms. The number of ether oxygens (including phenoxy) is 2. The molecule has 2 rings (SSSR count). The van der Waals surface area contributed by atoms with E-state index in [2.05, 4.69) is 16.0 Å². The Morgan fingerprint density at radius 2 is 1.79 bits per heavy atom. The number of nitrogens with zero attached hydrogens (tertiary/aromatic N) is 1. The van der Waals surface area contributed by atoms with Crippen molar-refractivity contribution in [2.45, 2.75) is 103 Å². The third-order valence-corrected chi connectivity index (χ3v) is 6.90. The normalized spacial score (nSPS) is 16.4. The number of unbranched alkanes of at least 4 members (excludes halogenated alkanes) is 1. The highest BCUT2D eigenvalue weighted by Gasteiger charge is 2.35. The van der Waals surface area contributed by atoms with Crippen LogP contribution in [-0.2, 0) is 35.2 Å². The van der Waals surface area contributed by atoms with Gasteiger partial charge < -0.3 is 30.3 Å². The zero-order valence-electron chi connectivity index (χ0n) is 25.8. The standard InChI is InChI=1S/C30H44F2N4O7/c1-18(2)26(27(39)34-22(28(40)42-6)12-7-8-15-33-29(41)43-30(3,4)5)35-23(37)16-20-13-14-24(38)36(20)17-19-10-9-11-21(31)25(19)32/h9-11,18,20,22,26H,7-8,12-17H2,1-6H3,(H,33,41)(H,34,39)(H,35,37)/t20-,22-,26-/m0/s1. The average Bonchev–Trinajstić information content (AvgIpc) is 3.25. The second kappa shape index (κ2) is 16.2. The van der Waals surface area contributed by atoms with E-state index < -0.39 is 59.2 Å². The maximum Gasteiger partial charge on any atom is 0.407 e. The molecule has 0 spiro atoms. The van der Waals surface area contributed by atoms with Gasteiger partial charge in [0.25, 0.3) is 0 Å². The number of methoxy groups -OCH3 is 1. The number of likely N-dealkylation sites (tertiary alicyclic amines) is 1. The minimum atomic E-state index is -1.04. The number of alkyl carbamates (subject to hydrolysis) is 1. The summed E-state index contributed by atoms with van der Waals surface area (Å²) in [6.07, 6.45) is 1.07. The largest absolute Gasteiger partial charge is 0.467 e. The van der Waals surface area contributed by atoms with Crippen molar-refractivity contribution in [3.8, 4) is 0 Å². The van der Waals surface area contributed by atoms with E-state index in [1.54, 1.807) is 34.6 Å². The fourth-order valence-corrected chi connectivity index (χ4v) is 4.69. The van der Waals surface area contributed by atoms with E-state index in [0.29, 0.717) is 25.8 Å². The van der Waals surface area contributed by atoms with Crippen molar-refractivity contribution in [3.05, 3.63) is 35.4 Å². The van der Waals surface area contributed by atoms with Crippen LogP contribution in [0.15, 0.2) is 18.2 Å². The van der Waals surface area contributed by atoms with Crippen LogP contribution in [0, 0.1) is 17.6 Å². The Morgan fingerprint density at radius 1 is 1.09 bits per heavy atom. The lowest BCUT2D eigenvalue weighted by Crippen LogP contribution is -2.54. The van der Waals surface area contributed by atoms with Crippen LogP contribution < -0.4 is 16.0 Å². The van der Waals surface area contributed by atoms with Gasteiger partial charge in [0.1, 0.15) is 17.7 Å². The molecule has 0 radical (unpaired) electrons. The van der Waals surface area contributed by atoms with Crippen molar-refractivity contribution < 1.29 is 42.2 Å². The van der Waals surface area contributed by atoms with Crippen LogP contribution >= 0.6 is 0 Å². The van der Waals surface area contributed by atoms with Crippen LogP contribution in [0.2, 0.25) is 0 Å². The highest BCUT2D eigenvalue weighted by atomic mass is 19.2. The predicted molar refractivity (Wildman–Crippen MR) is 153 cm³/mol. The second-order valence-electron chi connectivity index (χ2n) is 11.9. The van der Waals surface area contributed by atoms with Gasteiger partial charge in [0.05, 0.1) is 7.11 Å². The van der Waals surface area contributed by atoms with Gasteiger partial charge in [0, 0.05) is 37.5 Å². The molecule has 0 bridgehead atoms. The summed E-state index contributed by atoms with van der Waals surface area (Å²) < 4.78 is 37.9. The van der Waals surface area contributed by atoms with E-state index in [1.807, 2.05) is 0 Å². The summed E-state index contributed by atoms with van der Waals surface area (Å²) in [5.41, 5.74) is -0.613. The van der Waals surface area contributed by atoms with Gasteiger partial charge in [-0.2, -0.15) is 0 Å². The first-order valence-electron chi connectivity index (χ1n) is 14.5. The molecule has 1 aromatic carbocycles. The predicted octanol–water partition coefficient (Wildman–Crippen LogP) is 3.34. The molecule has 13 heteroatoms. The summed E-state index contributed by atoms with van der Waals surface area (Å²) in [7, 11) is 1.21. The molecule has 0 aromatic heterocycles. The molecule has 0 saturated carbocycles. The molecule has 0 unspecified atom stereocenters. The molecule has 240 valence electrons. The molecule has 0 aliphatic carbocycles. The molecule has 11 nitrogen and oxygen atoms in total. The van der Waals surface area contributed by atoms with Crippen LogP contribution in [-0.4, -0.2) is 72.1 Å². The molecule has 1 aromatic rings. The molecule has 4 amide bonds. The average molecular weight is 611 g/mol. The lowest BCUT2D eigenvalue weighted by Gasteiger charge is -2.27. The zero-order chi connectivity index (χ0) is 32.3. The molecule has 1 heterocycles. The number of esters is 1. The molecule has 1 saturated heterocycles. The fraction of sp³-hybridized carbons (Fsp3) is 0.633. The van der Waals surface area contributed by atoms with E-state index in [0.717, 1.165) is 6.07 Å². The third kappa shape index (κ3) is 11.4. The second-order valence-corrected chi connectivity index (χ2v) is 11.9. The smallest absolute Gasteiger partial charge is 0.407 e. The molecule has 1 fully saturated rings. The Balaban J connectivity index is 1.95. The minimum Gasteiger partial charge on any atom is -0.467 e. The Hall–Kier alpha value is -3.77. The fourth-order valence-electron chi connectivity index (χ4n) is 4.69. The summed E-state index contributed by atoms with van der Waals surface area (Å²) in [5.74, 6) is -4.40. The van der Waals surface area contributed by atoms with Crippen molar-refractivity contribution in [3.63, 3.8) is 0 Å². The number of rotatable bonds is 14. The number of amides is 4. The Kier molecular flexibility index (Phi) is 13.3. The van der Waals surface area contributed by atoms with E-state index in [-0.39, 0.29) is 43.2 Å². The zero-order valence-corrected chi connectivity index (χ0v) is 25.8. The third-order valence-electron chi connectivity index (χ3n) is 6.90. The number of hydrogen-bond acceptors (Lipinski definition) is 7. The van der Waals surface area contributed by atoms with Crippen molar-refractivity contribution in [1.82, 2.24) is 20.9 Å². The summed E-state index contributed by atoms with van der Waals surface area (Å²) in [6, 6.07) is 1.21. The van der Waals surface area contributed by atoms with Gasteiger partial charge in [0.2, 0.25) is 17.7 Å². The van der Waals surface area contributed by atoms with Crippen LogP contribution in [0.25, 0.3) is 0 Å². The van der Waals surface area contributed by atoms with Gasteiger partial charge in [0.15, 0.2) is 11.6 Å². The van der Waals surface area contributed by atoms with E-state index in [1.165, 1.54) is 24.1 Å². The molecule has 1 aliphatic heterocycles. The minimum absolute atomic E-state index is 0.00886. The summed E-state index contributed by atoms with van der Waals surface area (Å²) in [6.45, 7) is 8.87. The first kappa shape index (κ1) is 35.4. The number of hydrogen-bond donors (Lipinski definition) is 3. The first-order chi connectivity index (χ1) is 20.1. The SMILES string of the molecule is COC(=O)[C@H](CCCCNC(=O)OC(C)(C)C)NC(=O)[C@@H](NC(=O)C[C@@H]1CCC(=O)N1Cc1cccc(F)c1F)C(C)C. The first-order valence-corrected chi connectivity index (χ1v) is 14.5. The number of halogens is 2. The number of nitrogens with one attached hydrogen (secondary N) is 3. The summed E-state index contributed by atoms with van der Waals surface area (Å²) in [5, 5.41) is 7.99. The molecule has 3 N–H and O–H groups in total. The highest BCUT2D eigenvalue weighted by Crippen LogP contribution is 2.25. The monoisotopic (exact) mass is 610 g/mol. The van der Waals surface area contributed by atoms with Crippen LogP contribution in [0.5, 0.6) is 0 Å². The van der Waals surface area contributed by atoms with Crippen LogP contribution in [0.4, 0.5) is 13.6 Å². The van der Waals surface area contributed by atoms with Gasteiger partial charge in [-0.25, -0.2) is 18.4 Å². The van der Waals surface area contributed by atoms with E-state index in [4.69, 9.17) is 9.47 Å². The van der Waals surface area contributed by atoms with Gasteiger partial charge in [-0.05, 0) is 58.4 Å². The highest BCUT2D eigenvalue weighted by molar-refractivity contribution is 5.91. The number of carbonyl (C=O) groups excluding carboxylic acids is 5. The maximum absolute atomic E-state index is 14.2. The number of carbonyl (C=O) groups is 5. The molecule has 1 aliphatic rings. The molecular weight excluding hydrogens is 566 g/mol. The van der Waals surface area contributed by atoms with Crippen molar-refractivity contribution in [2.24, 2.45) is 5.92 Å². The van der Waals surface area contributed by atoms with Gasteiger partial charge in [-0.3, -0.25) is 14.4 Å². The van der Waals surface area contributed by atoms with Crippen molar-refractivity contribution in [2.75, 3.05) is 13.7 Å². The lowest BCUT2D eigenvalue weighted by molar-refractivity contribution is -0.145. The van der Waals surface area contributed by atoms with E-state index >= 15 is 0 Å². The quantitative estimate of drug-likeness (QED) is 0.217. The van der Waals surface area contributed by atoms with Gasteiger partial charge in [-0.1, -0.05) is 26.0 Å². The summed E-state index contributed by atoms with van der Waals surface area (Å²) >= 11 is 0. The Morgan fingerprint density at radius 3 is 2.42 bits per heavy atom. The maximum atomic E-state index is 14.2. The topological polar surface area (TPSA) is 143 Å². The Bertz CT molecular complexity index is 1160. The molecular formula is C30H44F2N4O7. The van der Waals surface area contributed by atoms with Crippen LogP contribution in [0.1, 0.15) is 78.7 Å². The Labute approximate surface area is 251 Å². The molecule has 3 atom stereocenters. The van der Waals surface area contributed by atoms with Gasteiger partial charge >= 0.3 is 12.1 Å². The van der Waals surface area contributed by atoms with Crippen molar-refractivity contribution >= 4 is 29.8 Å². The van der Waals surface area contributed by atoms with Crippen LogP contribution in [0.3, 0.4) is 0 Å². The number of benzene rings is 1.